The van der Waals surface area contributed by atoms with E-state index in [1.165, 1.54) is 0 Å². The predicted octanol–water partition coefficient (Wildman–Crippen LogP) is 0.288. The molecule has 0 aliphatic carbocycles. The van der Waals surface area contributed by atoms with E-state index >= 15 is 0 Å². The molecular formula is C6H5MgN3O+2. The number of aromatic nitrogens is 3. The van der Waals surface area contributed by atoms with Gasteiger partial charge in [0.25, 0.3) is 0 Å². The Morgan fingerprint density at radius 3 is 2.73 bits per heavy atom. The van der Waals surface area contributed by atoms with Gasteiger partial charge in [-0.2, -0.15) is 0 Å². The molecule has 0 radical (unpaired) electrons. The van der Waals surface area contributed by atoms with E-state index < -0.39 is 0 Å². The van der Waals surface area contributed by atoms with E-state index in [2.05, 4.69) is 10.3 Å². The van der Waals surface area contributed by atoms with Crippen LogP contribution in [0.1, 0.15) is 0 Å². The zero-order chi connectivity index (χ0) is 6.97. The first-order valence-corrected chi connectivity index (χ1v) is 2.87. The van der Waals surface area contributed by atoms with Crippen LogP contribution in [-0.2, 0) is 0 Å². The number of para-hydroxylation sites is 1. The first-order valence-electron chi connectivity index (χ1n) is 2.87. The zero-order valence-electron chi connectivity index (χ0n) is 5.81. The molecule has 0 unspecified atom stereocenters. The van der Waals surface area contributed by atoms with E-state index in [9.17, 15) is 0 Å². The topological polar surface area (TPSA) is 50.9 Å². The molecule has 1 heterocycles. The fourth-order valence-electron chi connectivity index (χ4n) is 0.857. The minimum Gasteiger partial charge on any atom is -0.410 e. The second kappa shape index (κ2) is 3.06. The van der Waals surface area contributed by atoms with E-state index in [1.807, 2.05) is 12.1 Å². The number of benzene rings is 1. The van der Waals surface area contributed by atoms with E-state index in [-0.39, 0.29) is 23.1 Å². The SMILES string of the molecule is On1nnc2ccccc21.[Mg+2]. The van der Waals surface area contributed by atoms with Crippen LogP contribution in [-0.4, -0.2) is 43.4 Å². The van der Waals surface area contributed by atoms with Crippen molar-refractivity contribution in [1.29, 1.82) is 0 Å². The quantitative estimate of drug-likeness (QED) is 0.444. The normalized spacial score (nSPS) is 9.45. The smallest absolute Gasteiger partial charge is 0.410 e. The van der Waals surface area contributed by atoms with Gasteiger partial charge >= 0.3 is 23.1 Å². The molecule has 11 heavy (non-hydrogen) atoms. The molecule has 0 aliphatic rings. The molecule has 1 aromatic heterocycles. The van der Waals surface area contributed by atoms with Crippen LogP contribution in [0.2, 0.25) is 0 Å². The molecule has 0 atom stereocenters. The van der Waals surface area contributed by atoms with Crippen molar-refractivity contribution in [3.8, 4) is 0 Å². The number of hydrogen-bond donors (Lipinski definition) is 1. The second-order valence-electron chi connectivity index (χ2n) is 1.97. The summed E-state index contributed by atoms with van der Waals surface area (Å²) in [5.41, 5.74) is 1.33. The van der Waals surface area contributed by atoms with Crippen LogP contribution in [0.4, 0.5) is 0 Å². The largest absolute Gasteiger partial charge is 2.00 e. The van der Waals surface area contributed by atoms with Gasteiger partial charge in [-0.3, -0.25) is 0 Å². The summed E-state index contributed by atoms with van der Waals surface area (Å²) < 4.78 is 0. The van der Waals surface area contributed by atoms with Crippen molar-refractivity contribution in [1.82, 2.24) is 15.2 Å². The summed E-state index contributed by atoms with van der Waals surface area (Å²) in [7, 11) is 0. The Morgan fingerprint density at radius 1 is 1.27 bits per heavy atom. The fourth-order valence-corrected chi connectivity index (χ4v) is 0.857. The van der Waals surface area contributed by atoms with Crippen LogP contribution >= 0.6 is 0 Å². The Balaban J connectivity index is 0.000000605. The third kappa shape index (κ3) is 1.29. The molecule has 1 N–H and O–H groups in total. The van der Waals surface area contributed by atoms with Crippen molar-refractivity contribution < 1.29 is 5.21 Å². The van der Waals surface area contributed by atoms with Gasteiger partial charge in [-0.1, -0.05) is 17.0 Å². The predicted molar refractivity (Wildman–Crippen MR) is 40.5 cm³/mol. The zero-order valence-corrected chi connectivity index (χ0v) is 7.22. The molecule has 2 aromatic rings. The summed E-state index contributed by atoms with van der Waals surface area (Å²) in [6, 6.07) is 7.19. The number of fused-ring (bicyclic) bond motifs is 1. The van der Waals surface area contributed by atoms with Crippen molar-refractivity contribution in [3.63, 3.8) is 0 Å². The fraction of sp³-hybridized carbons (Fsp3) is 0. The van der Waals surface area contributed by atoms with Crippen LogP contribution < -0.4 is 0 Å². The molecule has 2 rings (SSSR count). The maximum absolute atomic E-state index is 8.95. The van der Waals surface area contributed by atoms with E-state index in [4.69, 9.17) is 5.21 Å². The Hall–Kier alpha value is -0.814. The third-order valence-corrected chi connectivity index (χ3v) is 1.33. The molecule has 0 amide bonds. The maximum atomic E-state index is 8.95. The Labute approximate surface area is 78.9 Å². The molecule has 0 spiro atoms. The van der Waals surface area contributed by atoms with E-state index in [1.54, 1.807) is 12.1 Å². The summed E-state index contributed by atoms with van der Waals surface area (Å²) in [5, 5.41) is 16.1. The van der Waals surface area contributed by atoms with Crippen molar-refractivity contribution in [2.75, 3.05) is 0 Å². The number of nitrogens with zero attached hydrogens (tertiary/aromatic N) is 3. The van der Waals surface area contributed by atoms with Gasteiger partial charge in [0.05, 0.1) is 0 Å². The average Bonchev–Trinajstić information content (AvgIpc) is 2.34. The average molecular weight is 159 g/mol. The molecule has 1 aromatic carbocycles. The molecule has 0 bridgehead atoms. The Kier molecular flexibility index (Phi) is 2.30. The molecule has 0 saturated carbocycles. The number of rotatable bonds is 0. The van der Waals surface area contributed by atoms with Crippen LogP contribution in [0, 0.1) is 0 Å². The second-order valence-corrected chi connectivity index (χ2v) is 1.97. The monoisotopic (exact) mass is 159 g/mol. The third-order valence-electron chi connectivity index (χ3n) is 1.33. The van der Waals surface area contributed by atoms with Crippen molar-refractivity contribution in [3.05, 3.63) is 24.3 Å². The van der Waals surface area contributed by atoms with Crippen LogP contribution in [0.5, 0.6) is 0 Å². The van der Waals surface area contributed by atoms with Crippen LogP contribution in [0.25, 0.3) is 11.0 Å². The van der Waals surface area contributed by atoms with Gasteiger partial charge in [0.15, 0.2) is 0 Å². The maximum Gasteiger partial charge on any atom is 2.00 e. The van der Waals surface area contributed by atoms with Crippen LogP contribution in [0.3, 0.4) is 0 Å². The van der Waals surface area contributed by atoms with Crippen LogP contribution in [0.15, 0.2) is 24.3 Å². The molecule has 0 aliphatic heterocycles. The minimum absolute atomic E-state index is 0. The molecule has 50 valence electrons. The minimum atomic E-state index is 0. The summed E-state index contributed by atoms with van der Waals surface area (Å²) >= 11 is 0. The standard InChI is InChI=1S/C6H5N3O.Mg/c10-9-6-4-2-1-3-5(6)7-8-9;/h1-4,10H;/q;+2. The summed E-state index contributed by atoms with van der Waals surface area (Å²) in [6.07, 6.45) is 0. The van der Waals surface area contributed by atoms with Crippen molar-refractivity contribution in [2.45, 2.75) is 0 Å². The van der Waals surface area contributed by atoms with Gasteiger partial charge in [0.2, 0.25) is 0 Å². The summed E-state index contributed by atoms with van der Waals surface area (Å²) in [6.45, 7) is 0. The van der Waals surface area contributed by atoms with E-state index in [0.717, 1.165) is 4.85 Å². The van der Waals surface area contributed by atoms with Gasteiger partial charge < -0.3 is 5.21 Å². The summed E-state index contributed by atoms with van der Waals surface area (Å²) in [5.74, 6) is 0. The van der Waals surface area contributed by atoms with Gasteiger partial charge in [-0.25, -0.2) is 0 Å². The number of hydrogen-bond acceptors (Lipinski definition) is 3. The molecule has 5 heteroatoms. The first kappa shape index (κ1) is 8.28. The molecule has 0 fully saturated rings. The van der Waals surface area contributed by atoms with Gasteiger partial charge in [0.1, 0.15) is 11.0 Å². The van der Waals surface area contributed by atoms with Gasteiger partial charge in [0, 0.05) is 0 Å². The van der Waals surface area contributed by atoms with E-state index in [0.29, 0.717) is 11.0 Å². The van der Waals surface area contributed by atoms with Gasteiger partial charge in [-0.05, 0) is 17.3 Å². The van der Waals surface area contributed by atoms with Crippen molar-refractivity contribution >= 4 is 34.1 Å². The molecule has 4 nitrogen and oxygen atoms in total. The first-order chi connectivity index (χ1) is 4.88. The molecule has 0 saturated heterocycles. The molecular weight excluding hydrogens is 154 g/mol. The van der Waals surface area contributed by atoms with Crippen molar-refractivity contribution in [2.24, 2.45) is 0 Å². The Morgan fingerprint density at radius 2 is 2.00 bits per heavy atom. The Bertz CT molecular complexity index is 359. The summed E-state index contributed by atoms with van der Waals surface area (Å²) in [4.78, 5) is 0.759. The van der Waals surface area contributed by atoms with Gasteiger partial charge in [-0.15, -0.1) is 5.10 Å².